The maximum atomic E-state index is 13.7. The van der Waals surface area contributed by atoms with Crippen molar-refractivity contribution in [3.05, 3.63) is 68.7 Å². The molecule has 0 aliphatic heterocycles. The van der Waals surface area contributed by atoms with Crippen molar-refractivity contribution in [3.63, 3.8) is 0 Å². The van der Waals surface area contributed by atoms with Gasteiger partial charge in [-0.3, -0.25) is 4.79 Å². The number of hydrogen-bond donors (Lipinski definition) is 0. The molecule has 0 unspecified atom stereocenters. The highest BCUT2D eigenvalue weighted by Crippen LogP contribution is 2.23. The lowest BCUT2D eigenvalue weighted by molar-refractivity contribution is 0.0988. The summed E-state index contributed by atoms with van der Waals surface area (Å²) in [6, 6.07) is 7.32. The van der Waals surface area contributed by atoms with Gasteiger partial charge in [0.05, 0.1) is 5.56 Å². The first-order valence-corrected chi connectivity index (χ1v) is 6.57. The highest BCUT2D eigenvalue weighted by Gasteiger charge is 2.18. The molecule has 0 heterocycles. The fraction of sp³-hybridized carbons (Fsp3) is 0.133. The monoisotopic (exact) mass is 314 g/mol. The van der Waals surface area contributed by atoms with E-state index in [2.05, 4.69) is 0 Å². The molecule has 0 saturated carbocycles. The molecule has 104 valence electrons. The Labute approximate surface area is 125 Å². The van der Waals surface area contributed by atoms with Gasteiger partial charge in [-0.1, -0.05) is 35.3 Å². The Hall–Kier alpha value is -1.45. The minimum absolute atomic E-state index is 0.116. The van der Waals surface area contributed by atoms with Crippen molar-refractivity contribution in [2.45, 2.75) is 13.3 Å². The van der Waals surface area contributed by atoms with E-state index >= 15 is 0 Å². The molecule has 0 spiro atoms. The fourth-order valence-electron chi connectivity index (χ4n) is 1.79. The molecule has 0 aromatic heterocycles. The Morgan fingerprint density at radius 2 is 1.80 bits per heavy atom. The first-order chi connectivity index (χ1) is 9.40. The first kappa shape index (κ1) is 14.9. The Bertz CT molecular complexity index is 684. The Morgan fingerprint density at radius 1 is 1.10 bits per heavy atom. The fourth-order valence-corrected chi connectivity index (χ4v) is 2.27. The van der Waals surface area contributed by atoms with Crippen LogP contribution in [0.5, 0.6) is 0 Å². The number of benzene rings is 2. The van der Waals surface area contributed by atoms with Gasteiger partial charge >= 0.3 is 0 Å². The second-order valence-electron chi connectivity index (χ2n) is 4.39. The number of carbonyl (C=O) groups is 1. The average molecular weight is 315 g/mol. The predicted octanol–water partition coefficient (Wildman–Crippen LogP) is 5.01. The van der Waals surface area contributed by atoms with Gasteiger partial charge in [-0.15, -0.1) is 0 Å². The molecule has 0 fully saturated rings. The second kappa shape index (κ2) is 5.90. The summed E-state index contributed by atoms with van der Waals surface area (Å²) >= 11 is 11.7. The molecule has 20 heavy (non-hydrogen) atoms. The third-order valence-corrected chi connectivity index (χ3v) is 3.53. The van der Waals surface area contributed by atoms with Crippen LogP contribution in [-0.4, -0.2) is 5.78 Å². The summed E-state index contributed by atoms with van der Waals surface area (Å²) in [6.07, 6.45) is -0.116. The molecule has 0 bridgehead atoms. The predicted molar refractivity (Wildman–Crippen MR) is 75.6 cm³/mol. The number of halogens is 4. The molecule has 0 saturated heterocycles. The van der Waals surface area contributed by atoms with Crippen LogP contribution in [0.2, 0.25) is 10.0 Å². The number of ketones is 1. The third kappa shape index (κ3) is 3.00. The van der Waals surface area contributed by atoms with Gasteiger partial charge < -0.3 is 0 Å². The summed E-state index contributed by atoms with van der Waals surface area (Å²) in [6.45, 7) is 1.43. The number of rotatable bonds is 3. The topological polar surface area (TPSA) is 17.1 Å². The van der Waals surface area contributed by atoms with Gasteiger partial charge in [0.2, 0.25) is 0 Å². The van der Waals surface area contributed by atoms with Crippen LogP contribution in [0.15, 0.2) is 30.3 Å². The standard InChI is InChI=1S/C15H10Cl2F2O/c1-8-2-5-11(15(19)14(8)18)13(20)6-9-3-4-10(16)7-12(9)17/h2-5,7H,6H2,1H3. The van der Waals surface area contributed by atoms with E-state index in [1.54, 1.807) is 12.1 Å². The Morgan fingerprint density at radius 3 is 2.45 bits per heavy atom. The molecule has 0 aliphatic rings. The van der Waals surface area contributed by atoms with Crippen molar-refractivity contribution in [3.8, 4) is 0 Å². The van der Waals surface area contributed by atoms with Gasteiger partial charge in [0, 0.05) is 16.5 Å². The van der Waals surface area contributed by atoms with E-state index in [-0.39, 0.29) is 17.5 Å². The molecule has 0 atom stereocenters. The van der Waals surface area contributed by atoms with E-state index in [9.17, 15) is 13.6 Å². The quantitative estimate of drug-likeness (QED) is 0.728. The van der Waals surface area contributed by atoms with Crippen LogP contribution in [-0.2, 0) is 6.42 Å². The van der Waals surface area contributed by atoms with Crippen molar-refractivity contribution in [1.29, 1.82) is 0 Å². The molecule has 0 N–H and O–H groups in total. The largest absolute Gasteiger partial charge is 0.294 e. The summed E-state index contributed by atoms with van der Waals surface area (Å²) in [5.74, 6) is -2.66. The van der Waals surface area contributed by atoms with Crippen LogP contribution in [0.1, 0.15) is 21.5 Å². The van der Waals surface area contributed by atoms with Crippen molar-refractivity contribution < 1.29 is 13.6 Å². The molecule has 1 nitrogen and oxygen atoms in total. The maximum absolute atomic E-state index is 13.7. The lowest BCUT2D eigenvalue weighted by Crippen LogP contribution is -2.08. The molecular weight excluding hydrogens is 305 g/mol. The van der Waals surface area contributed by atoms with E-state index in [1.165, 1.54) is 25.1 Å². The summed E-state index contributed by atoms with van der Waals surface area (Å²) in [5, 5.41) is 0.762. The molecular formula is C15H10Cl2F2O. The summed E-state index contributed by atoms with van der Waals surface area (Å²) in [4.78, 5) is 12.0. The number of Topliss-reactive ketones (excluding diaryl/α,β-unsaturated/α-hetero) is 1. The van der Waals surface area contributed by atoms with Gasteiger partial charge in [0.25, 0.3) is 0 Å². The van der Waals surface area contributed by atoms with Crippen LogP contribution in [0.3, 0.4) is 0 Å². The van der Waals surface area contributed by atoms with Crippen LogP contribution < -0.4 is 0 Å². The van der Waals surface area contributed by atoms with Crippen molar-refractivity contribution in [1.82, 2.24) is 0 Å². The highest BCUT2D eigenvalue weighted by atomic mass is 35.5. The second-order valence-corrected chi connectivity index (χ2v) is 5.24. The zero-order valence-corrected chi connectivity index (χ0v) is 12.0. The molecule has 2 aromatic rings. The van der Waals surface area contributed by atoms with Gasteiger partial charge in [0.15, 0.2) is 17.4 Å². The van der Waals surface area contributed by atoms with Gasteiger partial charge in [-0.05, 0) is 36.2 Å². The van der Waals surface area contributed by atoms with Gasteiger partial charge in [-0.25, -0.2) is 8.78 Å². The van der Waals surface area contributed by atoms with E-state index in [4.69, 9.17) is 23.2 Å². The summed E-state index contributed by atoms with van der Waals surface area (Å²) < 4.78 is 27.2. The molecule has 0 amide bonds. The van der Waals surface area contributed by atoms with Gasteiger partial charge in [0.1, 0.15) is 0 Å². The molecule has 2 aromatic carbocycles. The number of hydrogen-bond acceptors (Lipinski definition) is 1. The zero-order valence-electron chi connectivity index (χ0n) is 10.5. The summed E-state index contributed by atoms with van der Waals surface area (Å²) in [7, 11) is 0. The van der Waals surface area contributed by atoms with Gasteiger partial charge in [-0.2, -0.15) is 0 Å². The van der Waals surface area contributed by atoms with E-state index in [1.807, 2.05) is 0 Å². The minimum atomic E-state index is -1.12. The summed E-state index contributed by atoms with van der Waals surface area (Å²) in [5.41, 5.74) is 0.393. The maximum Gasteiger partial charge on any atom is 0.170 e. The minimum Gasteiger partial charge on any atom is -0.294 e. The van der Waals surface area contributed by atoms with Crippen molar-refractivity contribution >= 4 is 29.0 Å². The highest BCUT2D eigenvalue weighted by molar-refractivity contribution is 6.35. The van der Waals surface area contributed by atoms with Crippen molar-refractivity contribution in [2.24, 2.45) is 0 Å². The van der Waals surface area contributed by atoms with E-state index < -0.39 is 17.4 Å². The third-order valence-electron chi connectivity index (χ3n) is 2.94. The van der Waals surface area contributed by atoms with Crippen LogP contribution >= 0.6 is 23.2 Å². The number of carbonyl (C=O) groups excluding carboxylic acids is 1. The molecule has 5 heteroatoms. The molecule has 0 aliphatic carbocycles. The molecule has 2 rings (SSSR count). The lowest BCUT2D eigenvalue weighted by atomic mass is 10.0. The van der Waals surface area contributed by atoms with Crippen LogP contribution in [0.25, 0.3) is 0 Å². The Kier molecular flexibility index (Phi) is 4.41. The lowest BCUT2D eigenvalue weighted by Gasteiger charge is -2.07. The van der Waals surface area contributed by atoms with Crippen molar-refractivity contribution in [2.75, 3.05) is 0 Å². The normalized spacial score (nSPS) is 10.7. The average Bonchev–Trinajstić information content (AvgIpc) is 2.39. The van der Waals surface area contributed by atoms with E-state index in [0.29, 0.717) is 15.6 Å². The Balaban J connectivity index is 2.31. The van der Waals surface area contributed by atoms with Crippen LogP contribution in [0.4, 0.5) is 8.78 Å². The van der Waals surface area contributed by atoms with E-state index in [0.717, 1.165) is 0 Å². The number of aryl methyl sites for hydroxylation is 1. The SMILES string of the molecule is Cc1ccc(C(=O)Cc2ccc(Cl)cc2Cl)c(F)c1F. The first-order valence-electron chi connectivity index (χ1n) is 5.82. The van der Waals surface area contributed by atoms with Crippen LogP contribution in [0, 0.1) is 18.6 Å². The molecule has 0 radical (unpaired) electrons. The smallest absolute Gasteiger partial charge is 0.170 e. The zero-order chi connectivity index (χ0) is 14.9.